The third kappa shape index (κ3) is 3.96. The molecule has 1 rings (SSSR count). The fourth-order valence-corrected chi connectivity index (χ4v) is 1.86. The van der Waals surface area contributed by atoms with Crippen molar-refractivity contribution in [3.05, 3.63) is 0 Å². The van der Waals surface area contributed by atoms with Crippen LogP contribution >= 0.6 is 15.9 Å². The Kier molecular flexibility index (Phi) is 4.20. The molecule has 0 aromatic carbocycles. The van der Waals surface area contributed by atoms with Gasteiger partial charge in [0.2, 0.25) is 0 Å². The number of alkyl halides is 1. The molecule has 1 saturated heterocycles. The van der Waals surface area contributed by atoms with Crippen LogP contribution in [0.3, 0.4) is 0 Å². The Labute approximate surface area is 89.8 Å². The molecule has 0 radical (unpaired) electrons. The van der Waals surface area contributed by atoms with Crippen molar-refractivity contribution in [1.29, 1.82) is 0 Å². The summed E-state index contributed by atoms with van der Waals surface area (Å²) in [5, 5.41) is 1.06. The molecule has 0 spiro atoms. The third-order valence-corrected chi connectivity index (χ3v) is 3.86. The SMILES string of the molecule is CC1CN(CC(C)(C)CBr)CCO1. The van der Waals surface area contributed by atoms with Crippen molar-refractivity contribution in [3.63, 3.8) is 0 Å². The molecule has 1 atom stereocenters. The molecule has 0 aromatic rings. The van der Waals surface area contributed by atoms with E-state index in [4.69, 9.17) is 4.74 Å². The Morgan fingerprint density at radius 1 is 1.54 bits per heavy atom. The molecule has 0 amide bonds. The van der Waals surface area contributed by atoms with Gasteiger partial charge in [-0.2, -0.15) is 0 Å². The lowest BCUT2D eigenvalue weighted by Gasteiger charge is -2.36. The van der Waals surface area contributed by atoms with Crippen LogP contribution in [0.4, 0.5) is 0 Å². The summed E-state index contributed by atoms with van der Waals surface area (Å²) in [6.07, 6.45) is 0.403. The molecule has 1 fully saturated rings. The fourth-order valence-electron chi connectivity index (χ4n) is 1.68. The van der Waals surface area contributed by atoms with Gasteiger partial charge in [-0.1, -0.05) is 29.8 Å². The van der Waals surface area contributed by atoms with E-state index >= 15 is 0 Å². The number of ether oxygens (including phenoxy) is 1. The average Bonchev–Trinajstić information content (AvgIpc) is 2.03. The van der Waals surface area contributed by atoms with Gasteiger partial charge in [0.05, 0.1) is 12.7 Å². The van der Waals surface area contributed by atoms with E-state index in [-0.39, 0.29) is 0 Å². The highest BCUT2D eigenvalue weighted by molar-refractivity contribution is 9.09. The van der Waals surface area contributed by atoms with Crippen LogP contribution in [0.25, 0.3) is 0 Å². The van der Waals surface area contributed by atoms with Crippen molar-refractivity contribution >= 4 is 15.9 Å². The molecule has 1 aliphatic rings. The van der Waals surface area contributed by atoms with Gasteiger partial charge in [-0.05, 0) is 12.3 Å². The van der Waals surface area contributed by atoms with Gasteiger partial charge >= 0.3 is 0 Å². The lowest BCUT2D eigenvalue weighted by atomic mass is 9.95. The van der Waals surface area contributed by atoms with Gasteiger partial charge in [0.1, 0.15) is 0 Å². The summed E-state index contributed by atoms with van der Waals surface area (Å²) in [6, 6.07) is 0. The summed E-state index contributed by atoms with van der Waals surface area (Å²) in [4.78, 5) is 2.50. The van der Waals surface area contributed by atoms with Crippen LogP contribution in [0.15, 0.2) is 0 Å². The summed E-state index contributed by atoms with van der Waals surface area (Å²) in [5.41, 5.74) is 0.372. The minimum Gasteiger partial charge on any atom is -0.376 e. The summed E-state index contributed by atoms with van der Waals surface area (Å²) >= 11 is 3.55. The van der Waals surface area contributed by atoms with E-state index in [2.05, 4.69) is 41.6 Å². The predicted molar refractivity (Wildman–Crippen MR) is 59.4 cm³/mol. The molecule has 1 unspecified atom stereocenters. The Morgan fingerprint density at radius 2 is 2.23 bits per heavy atom. The third-order valence-electron chi connectivity index (χ3n) is 2.34. The van der Waals surface area contributed by atoms with Crippen molar-refractivity contribution in [2.75, 3.05) is 31.6 Å². The second kappa shape index (κ2) is 4.76. The summed E-state index contributed by atoms with van der Waals surface area (Å²) < 4.78 is 5.50. The average molecular weight is 250 g/mol. The standard InChI is InChI=1S/C10H20BrNO/c1-9-6-12(4-5-13-9)8-10(2,3)7-11/h9H,4-8H2,1-3H3. The van der Waals surface area contributed by atoms with Crippen molar-refractivity contribution in [3.8, 4) is 0 Å². The largest absolute Gasteiger partial charge is 0.376 e. The minimum atomic E-state index is 0.372. The first kappa shape index (κ1) is 11.5. The first-order valence-corrected chi connectivity index (χ1v) is 6.05. The maximum Gasteiger partial charge on any atom is 0.0674 e. The molecule has 13 heavy (non-hydrogen) atoms. The van der Waals surface area contributed by atoms with Gasteiger partial charge in [-0.3, -0.25) is 4.90 Å². The Hall–Kier alpha value is 0.400. The second-order valence-corrected chi connectivity index (χ2v) is 5.28. The van der Waals surface area contributed by atoms with Crippen LogP contribution in [-0.2, 0) is 4.74 Å². The first-order chi connectivity index (χ1) is 6.03. The Balaban J connectivity index is 2.35. The normalized spacial score (nSPS) is 26.3. The molecule has 0 bridgehead atoms. The highest BCUT2D eigenvalue weighted by atomic mass is 79.9. The highest BCUT2D eigenvalue weighted by Gasteiger charge is 2.24. The van der Waals surface area contributed by atoms with Crippen molar-refractivity contribution in [1.82, 2.24) is 4.90 Å². The fraction of sp³-hybridized carbons (Fsp3) is 1.00. The zero-order valence-corrected chi connectivity index (χ0v) is 10.4. The smallest absolute Gasteiger partial charge is 0.0674 e. The topological polar surface area (TPSA) is 12.5 Å². The van der Waals surface area contributed by atoms with Gasteiger partial charge in [-0.25, -0.2) is 0 Å². The Bertz CT molecular complexity index is 161. The van der Waals surface area contributed by atoms with Crippen molar-refractivity contribution in [2.45, 2.75) is 26.9 Å². The lowest BCUT2D eigenvalue weighted by Crippen LogP contribution is -2.45. The predicted octanol–water partition coefficient (Wildman–Crippen LogP) is 2.13. The zero-order valence-electron chi connectivity index (χ0n) is 8.85. The van der Waals surface area contributed by atoms with Crippen LogP contribution in [0.5, 0.6) is 0 Å². The van der Waals surface area contributed by atoms with Crippen LogP contribution < -0.4 is 0 Å². The summed E-state index contributed by atoms with van der Waals surface area (Å²) in [6.45, 7) is 10.9. The van der Waals surface area contributed by atoms with Crippen molar-refractivity contribution in [2.24, 2.45) is 5.41 Å². The summed E-state index contributed by atoms with van der Waals surface area (Å²) in [5.74, 6) is 0. The number of hydrogen-bond donors (Lipinski definition) is 0. The van der Waals surface area contributed by atoms with Gasteiger partial charge in [-0.15, -0.1) is 0 Å². The number of rotatable bonds is 3. The Morgan fingerprint density at radius 3 is 2.77 bits per heavy atom. The van der Waals surface area contributed by atoms with E-state index in [1.807, 2.05) is 0 Å². The molecule has 1 heterocycles. The van der Waals surface area contributed by atoms with E-state index in [1.165, 1.54) is 0 Å². The van der Waals surface area contributed by atoms with E-state index in [1.54, 1.807) is 0 Å². The van der Waals surface area contributed by atoms with Crippen LogP contribution in [0.2, 0.25) is 0 Å². The van der Waals surface area contributed by atoms with Crippen LogP contribution in [0.1, 0.15) is 20.8 Å². The second-order valence-electron chi connectivity index (χ2n) is 4.71. The quantitative estimate of drug-likeness (QED) is 0.711. The van der Waals surface area contributed by atoms with Gasteiger partial charge in [0.15, 0.2) is 0 Å². The van der Waals surface area contributed by atoms with E-state index in [0.717, 1.165) is 31.6 Å². The molecule has 1 aliphatic heterocycles. The highest BCUT2D eigenvalue weighted by Crippen LogP contribution is 2.20. The molecule has 0 N–H and O–H groups in total. The number of morpholine rings is 1. The van der Waals surface area contributed by atoms with Crippen LogP contribution in [0, 0.1) is 5.41 Å². The van der Waals surface area contributed by atoms with Gasteiger partial charge in [0, 0.05) is 25.0 Å². The molecule has 0 aliphatic carbocycles. The van der Waals surface area contributed by atoms with Gasteiger partial charge < -0.3 is 4.74 Å². The van der Waals surface area contributed by atoms with Gasteiger partial charge in [0.25, 0.3) is 0 Å². The molecule has 78 valence electrons. The number of hydrogen-bond acceptors (Lipinski definition) is 2. The molecule has 2 nitrogen and oxygen atoms in total. The maximum atomic E-state index is 5.50. The molecular weight excluding hydrogens is 230 g/mol. The van der Waals surface area contributed by atoms with E-state index in [0.29, 0.717) is 11.5 Å². The minimum absolute atomic E-state index is 0.372. The van der Waals surface area contributed by atoms with E-state index in [9.17, 15) is 0 Å². The van der Waals surface area contributed by atoms with E-state index < -0.39 is 0 Å². The van der Waals surface area contributed by atoms with Crippen molar-refractivity contribution < 1.29 is 4.74 Å². The molecular formula is C10H20BrNO. The lowest BCUT2D eigenvalue weighted by molar-refractivity contribution is -0.0272. The number of halogens is 1. The summed E-state index contributed by atoms with van der Waals surface area (Å²) in [7, 11) is 0. The first-order valence-electron chi connectivity index (χ1n) is 4.93. The molecule has 0 saturated carbocycles. The molecule has 0 aromatic heterocycles. The van der Waals surface area contributed by atoms with Crippen LogP contribution in [-0.4, -0.2) is 42.6 Å². The molecule has 3 heteroatoms. The zero-order chi connectivity index (χ0) is 9.90. The maximum absolute atomic E-state index is 5.50. The number of nitrogens with zero attached hydrogens (tertiary/aromatic N) is 1. The monoisotopic (exact) mass is 249 g/mol.